The monoisotopic (exact) mass is 397 g/mol. The average molecular weight is 398 g/mol. The van der Waals surface area contributed by atoms with Crippen LogP contribution in [0.2, 0.25) is 5.02 Å². The minimum absolute atomic E-state index is 0.0255. The number of aryl methyl sites for hydroxylation is 1. The molecule has 0 unspecified atom stereocenters. The molecule has 28 heavy (non-hydrogen) atoms. The van der Waals surface area contributed by atoms with Gasteiger partial charge in [0.1, 0.15) is 5.82 Å². The van der Waals surface area contributed by atoms with Crippen LogP contribution in [0.1, 0.15) is 18.4 Å². The summed E-state index contributed by atoms with van der Waals surface area (Å²) in [5, 5.41) is 13.4. The number of carbonyl (C=O) groups is 1. The van der Waals surface area contributed by atoms with Crippen LogP contribution in [0.15, 0.2) is 36.8 Å². The zero-order valence-corrected chi connectivity index (χ0v) is 16.1. The Morgan fingerprint density at radius 1 is 1.29 bits per heavy atom. The van der Waals surface area contributed by atoms with Crippen LogP contribution < -0.4 is 10.2 Å². The van der Waals surface area contributed by atoms with Gasteiger partial charge >= 0.3 is 0 Å². The highest BCUT2D eigenvalue weighted by atomic mass is 35.5. The minimum atomic E-state index is -0.0576. The smallest absolute Gasteiger partial charge is 0.228 e. The molecule has 0 atom stereocenters. The molecule has 1 saturated heterocycles. The number of nitrogens with zero attached hydrogens (tertiary/aromatic N) is 5. The van der Waals surface area contributed by atoms with Gasteiger partial charge in [0.05, 0.1) is 16.9 Å². The van der Waals surface area contributed by atoms with E-state index in [0.29, 0.717) is 10.8 Å². The molecule has 1 aliphatic heterocycles. The van der Waals surface area contributed by atoms with Gasteiger partial charge in [0.2, 0.25) is 5.91 Å². The summed E-state index contributed by atoms with van der Waals surface area (Å²) in [6, 6.07) is 5.90. The molecule has 0 bridgehead atoms. The quantitative estimate of drug-likeness (QED) is 0.701. The molecule has 0 aliphatic carbocycles. The topological polar surface area (TPSA) is 99.7 Å². The summed E-state index contributed by atoms with van der Waals surface area (Å²) in [5.41, 5.74) is 2.79. The first-order chi connectivity index (χ1) is 13.6. The van der Waals surface area contributed by atoms with E-state index in [2.05, 4.69) is 35.6 Å². The molecular weight excluding hydrogens is 378 g/mol. The predicted molar refractivity (Wildman–Crippen MR) is 107 cm³/mol. The molecule has 3 aromatic heterocycles. The van der Waals surface area contributed by atoms with Gasteiger partial charge in [-0.05, 0) is 37.5 Å². The van der Waals surface area contributed by atoms with E-state index in [1.807, 2.05) is 25.1 Å². The van der Waals surface area contributed by atoms with Gasteiger partial charge in [-0.25, -0.2) is 4.98 Å². The van der Waals surface area contributed by atoms with Crippen molar-refractivity contribution < 1.29 is 4.79 Å². The van der Waals surface area contributed by atoms with Crippen molar-refractivity contribution in [2.75, 3.05) is 23.3 Å². The second kappa shape index (κ2) is 7.93. The fourth-order valence-electron chi connectivity index (χ4n) is 3.41. The maximum atomic E-state index is 12.4. The molecule has 4 rings (SSSR count). The maximum absolute atomic E-state index is 12.4. The van der Waals surface area contributed by atoms with E-state index in [-0.39, 0.29) is 11.8 Å². The lowest BCUT2D eigenvalue weighted by atomic mass is 9.95. The molecule has 9 heteroatoms. The number of aromatic amines is 1. The Bertz CT molecular complexity index is 968. The van der Waals surface area contributed by atoms with Crippen molar-refractivity contribution in [2.24, 2.45) is 5.92 Å². The number of pyridine rings is 2. The summed E-state index contributed by atoms with van der Waals surface area (Å²) < 4.78 is 0. The summed E-state index contributed by atoms with van der Waals surface area (Å²) in [7, 11) is 0. The Morgan fingerprint density at radius 3 is 2.82 bits per heavy atom. The first-order valence-corrected chi connectivity index (χ1v) is 9.48. The van der Waals surface area contributed by atoms with Crippen molar-refractivity contribution in [1.82, 2.24) is 25.4 Å². The number of hydrogen-bond acceptors (Lipinski definition) is 6. The van der Waals surface area contributed by atoms with Gasteiger partial charge in [-0.1, -0.05) is 17.7 Å². The molecule has 8 nitrogen and oxygen atoms in total. The van der Waals surface area contributed by atoms with Crippen molar-refractivity contribution in [1.29, 1.82) is 0 Å². The zero-order chi connectivity index (χ0) is 19.5. The minimum Gasteiger partial charge on any atom is -0.357 e. The highest BCUT2D eigenvalue weighted by Crippen LogP contribution is 2.32. The van der Waals surface area contributed by atoms with Crippen molar-refractivity contribution >= 4 is 29.1 Å². The van der Waals surface area contributed by atoms with Crippen LogP contribution >= 0.6 is 11.6 Å². The molecule has 0 spiro atoms. The van der Waals surface area contributed by atoms with Gasteiger partial charge in [0, 0.05) is 37.0 Å². The normalized spacial score (nSPS) is 14.9. The first-order valence-electron chi connectivity index (χ1n) is 9.11. The van der Waals surface area contributed by atoms with Crippen LogP contribution in [0.4, 0.5) is 11.6 Å². The van der Waals surface area contributed by atoms with Crippen LogP contribution in [0.25, 0.3) is 11.3 Å². The Kier molecular flexibility index (Phi) is 5.21. The van der Waals surface area contributed by atoms with Crippen LogP contribution in [-0.2, 0) is 4.79 Å². The lowest BCUT2D eigenvalue weighted by Gasteiger charge is -2.32. The number of H-pyrrole nitrogens is 1. The molecule has 144 valence electrons. The third kappa shape index (κ3) is 3.82. The predicted octanol–water partition coefficient (Wildman–Crippen LogP) is 3.08. The summed E-state index contributed by atoms with van der Waals surface area (Å²) in [6.07, 6.45) is 6.41. The third-order valence-electron chi connectivity index (χ3n) is 4.96. The summed E-state index contributed by atoms with van der Waals surface area (Å²) in [4.78, 5) is 23.5. The lowest BCUT2D eigenvalue weighted by molar-refractivity contribution is -0.120. The fourth-order valence-corrected chi connectivity index (χ4v) is 3.60. The van der Waals surface area contributed by atoms with E-state index in [4.69, 9.17) is 11.6 Å². The van der Waals surface area contributed by atoms with Gasteiger partial charge in [0.15, 0.2) is 5.82 Å². The Hall–Kier alpha value is -3.00. The van der Waals surface area contributed by atoms with Gasteiger partial charge < -0.3 is 10.2 Å². The number of piperidine rings is 1. The fraction of sp³-hybridized carbons (Fsp3) is 0.316. The number of hydrogen-bond donors (Lipinski definition) is 2. The van der Waals surface area contributed by atoms with Gasteiger partial charge in [0.25, 0.3) is 0 Å². The largest absolute Gasteiger partial charge is 0.357 e. The van der Waals surface area contributed by atoms with Crippen molar-refractivity contribution in [3.63, 3.8) is 0 Å². The first kappa shape index (κ1) is 18.4. The van der Waals surface area contributed by atoms with Crippen LogP contribution in [0.5, 0.6) is 0 Å². The molecule has 0 radical (unpaired) electrons. The van der Waals surface area contributed by atoms with E-state index in [0.717, 1.165) is 48.6 Å². The summed E-state index contributed by atoms with van der Waals surface area (Å²) in [5.74, 6) is 1.21. The van der Waals surface area contributed by atoms with Crippen LogP contribution in [-0.4, -0.2) is 44.4 Å². The van der Waals surface area contributed by atoms with Gasteiger partial charge in [-0.3, -0.25) is 9.78 Å². The number of rotatable bonds is 4. The second-order valence-corrected chi connectivity index (χ2v) is 7.20. The van der Waals surface area contributed by atoms with Gasteiger partial charge in [-0.2, -0.15) is 10.3 Å². The van der Waals surface area contributed by atoms with Crippen LogP contribution in [0, 0.1) is 12.8 Å². The van der Waals surface area contributed by atoms with E-state index in [9.17, 15) is 4.79 Å². The van der Waals surface area contributed by atoms with E-state index in [1.54, 1.807) is 12.4 Å². The Labute approximate surface area is 167 Å². The Balaban J connectivity index is 1.46. The molecule has 1 amide bonds. The number of nitrogens with one attached hydrogen (secondary N) is 2. The second-order valence-electron chi connectivity index (χ2n) is 6.80. The third-order valence-corrected chi connectivity index (χ3v) is 5.26. The number of anilines is 2. The number of amides is 1. The summed E-state index contributed by atoms with van der Waals surface area (Å²) >= 11 is 6.39. The van der Waals surface area contributed by atoms with Crippen molar-refractivity contribution in [3.8, 4) is 11.3 Å². The Morgan fingerprint density at radius 2 is 2.11 bits per heavy atom. The maximum Gasteiger partial charge on any atom is 0.228 e. The molecule has 0 saturated carbocycles. The highest BCUT2D eigenvalue weighted by molar-refractivity contribution is 6.33. The van der Waals surface area contributed by atoms with E-state index >= 15 is 0 Å². The number of halogens is 1. The standard InChI is InChI=1S/C19H20ClN7O/c1-12-3-2-6-21-18(12)14-9-17(22-10-15(14)20)27-7-4-13(5-8-27)19(28)24-16-11-23-26-25-16/h2-3,6,9-11,13H,4-5,7-8H2,1H3,(H2,23,24,25,26,28). The van der Waals surface area contributed by atoms with Crippen LogP contribution in [0.3, 0.4) is 0 Å². The van der Waals surface area contributed by atoms with Crippen molar-refractivity contribution in [2.45, 2.75) is 19.8 Å². The summed E-state index contributed by atoms with van der Waals surface area (Å²) in [6.45, 7) is 3.50. The molecule has 0 aromatic carbocycles. The average Bonchev–Trinajstić information content (AvgIpc) is 3.22. The molecular formula is C19H20ClN7O. The van der Waals surface area contributed by atoms with E-state index in [1.165, 1.54) is 6.20 Å². The highest BCUT2D eigenvalue weighted by Gasteiger charge is 2.26. The van der Waals surface area contributed by atoms with E-state index < -0.39 is 0 Å². The zero-order valence-electron chi connectivity index (χ0n) is 15.4. The lowest BCUT2D eigenvalue weighted by Crippen LogP contribution is -2.38. The molecule has 1 fully saturated rings. The van der Waals surface area contributed by atoms with Crippen molar-refractivity contribution in [3.05, 3.63) is 47.4 Å². The molecule has 4 heterocycles. The van der Waals surface area contributed by atoms with Gasteiger partial charge in [-0.15, -0.1) is 5.10 Å². The number of carbonyl (C=O) groups excluding carboxylic acids is 1. The SMILES string of the molecule is Cc1cccnc1-c1cc(N2CCC(C(=O)Nc3cn[nH]n3)CC2)ncc1Cl. The molecule has 3 aromatic rings. The number of aromatic nitrogens is 5. The molecule has 1 aliphatic rings. The molecule has 2 N–H and O–H groups in total.